The molecule has 3 rings (SSSR count). The van der Waals surface area contributed by atoms with Crippen LogP contribution in [0.5, 0.6) is 0 Å². The fourth-order valence-electron chi connectivity index (χ4n) is 4.57. The van der Waals surface area contributed by atoms with Crippen molar-refractivity contribution in [3.63, 3.8) is 0 Å². The van der Waals surface area contributed by atoms with E-state index in [9.17, 15) is 4.39 Å². The summed E-state index contributed by atoms with van der Waals surface area (Å²) >= 11 is 0. The first kappa shape index (κ1) is 22.4. The lowest BCUT2D eigenvalue weighted by Crippen LogP contribution is -2.15. The Hall–Kier alpha value is -2.33. The van der Waals surface area contributed by atoms with Crippen LogP contribution in [0.4, 0.5) is 4.39 Å². The van der Waals surface area contributed by atoms with Gasteiger partial charge in [-0.2, -0.15) is 0 Å². The molecule has 30 heavy (non-hydrogen) atoms. The van der Waals surface area contributed by atoms with Crippen molar-refractivity contribution in [2.45, 2.75) is 71.1 Å². The molecule has 1 heteroatoms. The van der Waals surface area contributed by atoms with E-state index in [0.29, 0.717) is 5.56 Å². The molecule has 1 aliphatic carbocycles. The third-order valence-electron chi connectivity index (χ3n) is 6.47. The first-order valence-electron chi connectivity index (χ1n) is 11.7. The second kappa shape index (κ2) is 11.8. The summed E-state index contributed by atoms with van der Waals surface area (Å²) in [5.74, 6) is 7.73. The summed E-state index contributed by atoms with van der Waals surface area (Å²) in [6.45, 7) is 6.02. The Kier molecular flexibility index (Phi) is 8.76. The Bertz CT molecular complexity index is 857. The van der Waals surface area contributed by atoms with Gasteiger partial charge in [0.25, 0.3) is 0 Å². The first-order valence-corrected chi connectivity index (χ1v) is 11.7. The van der Waals surface area contributed by atoms with Crippen LogP contribution < -0.4 is 0 Å². The molecule has 0 N–H and O–H groups in total. The molecule has 0 aromatic heterocycles. The highest BCUT2D eigenvalue weighted by molar-refractivity contribution is 5.44. The molecule has 0 radical (unpaired) electrons. The quantitative estimate of drug-likeness (QED) is 0.311. The number of benzene rings is 2. The predicted octanol–water partition coefficient (Wildman–Crippen LogP) is 7.88. The van der Waals surface area contributed by atoms with Crippen LogP contribution in [0, 0.1) is 29.5 Å². The minimum Gasteiger partial charge on any atom is -0.206 e. The standard InChI is InChI=1S/C29H35F/c1-3-5-7-27-19-21-28(29(30)22-27)20-18-26-16-14-25(15-17-26)13-12-24-10-8-23(6-4-2)9-11-24/h3,14-17,19,21-24H,1,4-13H2,2H3. The molecule has 0 nitrogen and oxygen atoms in total. The SMILES string of the molecule is C=CCCc1ccc(C#Cc2ccc(CCC3CCC(CCC)CC3)cc2)c(F)c1. The molecule has 0 saturated heterocycles. The maximum Gasteiger partial charge on any atom is 0.139 e. The van der Waals surface area contributed by atoms with Crippen molar-refractivity contribution in [3.8, 4) is 11.8 Å². The number of halogens is 1. The van der Waals surface area contributed by atoms with E-state index in [1.807, 2.05) is 12.1 Å². The second-order valence-electron chi connectivity index (χ2n) is 8.80. The molecule has 0 aliphatic heterocycles. The molecule has 1 saturated carbocycles. The second-order valence-corrected chi connectivity index (χ2v) is 8.80. The third kappa shape index (κ3) is 6.88. The van der Waals surface area contributed by atoms with Gasteiger partial charge in [-0.15, -0.1) is 6.58 Å². The van der Waals surface area contributed by atoms with Gasteiger partial charge in [-0.05, 0) is 72.9 Å². The van der Waals surface area contributed by atoms with E-state index in [2.05, 4.69) is 49.6 Å². The van der Waals surface area contributed by atoms with E-state index in [1.54, 1.807) is 12.1 Å². The lowest BCUT2D eigenvalue weighted by molar-refractivity contribution is 0.252. The molecular weight excluding hydrogens is 367 g/mol. The third-order valence-corrected chi connectivity index (χ3v) is 6.47. The monoisotopic (exact) mass is 402 g/mol. The highest BCUT2D eigenvalue weighted by Crippen LogP contribution is 2.33. The van der Waals surface area contributed by atoms with Crippen molar-refractivity contribution < 1.29 is 4.39 Å². The van der Waals surface area contributed by atoms with Crippen molar-refractivity contribution in [3.05, 3.63) is 83.2 Å². The summed E-state index contributed by atoms with van der Waals surface area (Å²) < 4.78 is 14.3. The Morgan fingerprint density at radius 1 is 0.900 bits per heavy atom. The van der Waals surface area contributed by atoms with E-state index in [0.717, 1.165) is 42.2 Å². The highest BCUT2D eigenvalue weighted by atomic mass is 19.1. The molecule has 2 aromatic rings. The average molecular weight is 403 g/mol. The largest absolute Gasteiger partial charge is 0.206 e. The van der Waals surface area contributed by atoms with Crippen LogP contribution >= 0.6 is 0 Å². The van der Waals surface area contributed by atoms with Gasteiger partial charge in [0.05, 0.1) is 5.56 Å². The molecular formula is C29H35F. The van der Waals surface area contributed by atoms with Gasteiger partial charge in [-0.1, -0.05) is 81.6 Å². The minimum absolute atomic E-state index is 0.241. The van der Waals surface area contributed by atoms with E-state index < -0.39 is 0 Å². The Morgan fingerprint density at radius 3 is 2.20 bits per heavy atom. The summed E-state index contributed by atoms with van der Waals surface area (Å²) in [6.07, 6.45) is 14.4. The number of rotatable bonds is 8. The maximum atomic E-state index is 14.3. The summed E-state index contributed by atoms with van der Waals surface area (Å²) in [5.41, 5.74) is 3.77. The van der Waals surface area contributed by atoms with Crippen molar-refractivity contribution in [1.29, 1.82) is 0 Å². The van der Waals surface area contributed by atoms with Gasteiger partial charge in [-0.3, -0.25) is 0 Å². The van der Waals surface area contributed by atoms with E-state index in [4.69, 9.17) is 0 Å². The molecule has 2 aromatic carbocycles. The minimum atomic E-state index is -0.241. The number of hydrogen-bond acceptors (Lipinski definition) is 0. The summed E-state index contributed by atoms with van der Waals surface area (Å²) in [4.78, 5) is 0. The van der Waals surface area contributed by atoms with Crippen molar-refractivity contribution in [2.24, 2.45) is 11.8 Å². The molecule has 0 amide bonds. The molecule has 0 unspecified atom stereocenters. The predicted molar refractivity (Wildman–Crippen MR) is 126 cm³/mol. The topological polar surface area (TPSA) is 0 Å². The summed E-state index contributed by atoms with van der Waals surface area (Å²) in [7, 11) is 0. The smallest absolute Gasteiger partial charge is 0.139 e. The average Bonchev–Trinajstić information content (AvgIpc) is 2.77. The van der Waals surface area contributed by atoms with Crippen molar-refractivity contribution in [1.82, 2.24) is 0 Å². The molecule has 0 heterocycles. The fourth-order valence-corrected chi connectivity index (χ4v) is 4.57. The van der Waals surface area contributed by atoms with Crippen molar-refractivity contribution in [2.75, 3.05) is 0 Å². The maximum absolute atomic E-state index is 14.3. The van der Waals surface area contributed by atoms with E-state index in [1.165, 1.54) is 50.5 Å². The Balaban J connectivity index is 1.50. The van der Waals surface area contributed by atoms with Crippen LogP contribution in [0.1, 0.15) is 80.5 Å². The van der Waals surface area contributed by atoms with Crippen LogP contribution in [0.15, 0.2) is 55.1 Å². The summed E-state index contributed by atoms with van der Waals surface area (Å²) in [5, 5.41) is 0. The van der Waals surface area contributed by atoms with Gasteiger partial charge in [0.15, 0.2) is 0 Å². The number of aryl methyl sites for hydroxylation is 2. The zero-order valence-electron chi connectivity index (χ0n) is 18.4. The molecule has 1 fully saturated rings. The zero-order valence-corrected chi connectivity index (χ0v) is 18.4. The zero-order chi connectivity index (χ0) is 21.2. The Labute approximate surface area is 182 Å². The van der Waals surface area contributed by atoms with Crippen LogP contribution in [0.3, 0.4) is 0 Å². The van der Waals surface area contributed by atoms with Crippen LogP contribution in [0.25, 0.3) is 0 Å². The highest BCUT2D eigenvalue weighted by Gasteiger charge is 2.20. The molecule has 158 valence electrons. The summed E-state index contributed by atoms with van der Waals surface area (Å²) in [6, 6.07) is 13.8. The first-order chi connectivity index (χ1) is 14.7. The van der Waals surface area contributed by atoms with Crippen LogP contribution in [-0.2, 0) is 12.8 Å². The lowest BCUT2D eigenvalue weighted by atomic mass is 9.78. The fraction of sp³-hybridized carbons (Fsp3) is 0.448. The Morgan fingerprint density at radius 2 is 1.57 bits per heavy atom. The van der Waals surface area contributed by atoms with Gasteiger partial charge >= 0.3 is 0 Å². The van der Waals surface area contributed by atoms with E-state index in [-0.39, 0.29) is 5.82 Å². The molecule has 0 spiro atoms. The van der Waals surface area contributed by atoms with Crippen LogP contribution in [-0.4, -0.2) is 0 Å². The normalized spacial score (nSPS) is 18.5. The molecule has 0 bridgehead atoms. The van der Waals surface area contributed by atoms with Gasteiger partial charge in [0.1, 0.15) is 5.82 Å². The molecule has 0 atom stereocenters. The van der Waals surface area contributed by atoms with Gasteiger partial charge < -0.3 is 0 Å². The van der Waals surface area contributed by atoms with Gasteiger partial charge in [0.2, 0.25) is 0 Å². The van der Waals surface area contributed by atoms with Gasteiger partial charge in [0, 0.05) is 5.56 Å². The lowest BCUT2D eigenvalue weighted by Gasteiger charge is -2.28. The van der Waals surface area contributed by atoms with Crippen LogP contribution in [0.2, 0.25) is 0 Å². The number of hydrogen-bond donors (Lipinski definition) is 0. The van der Waals surface area contributed by atoms with Gasteiger partial charge in [-0.25, -0.2) is 4.39 Å². The number of allylic oxidation sites excluding steroid dienone is 1. The van der Waals surface area contributed by atoms with E-state index >= 15 is 0 Å². The van der Waals surface area contributed by atoms with Crippen molar-refractivity contribution >= 4 is 0 Å². The molecule has 1 aliphatic rings.